The van der Waals surface area contributed by atoms with Gasteiger partial charge in [-0.05, 0) is 35.6 Å². The van der Waals surface area contributed by atoms with Gasteiger partial charge < -0.3 is 15.1 Å². The quantitative estimate of drug-likeness (QED) is 0.447. The second-order valence-corrected chi connectivity index (χ2v) is 10.5. The molecule has 3 aromatic carbocycles. The third-order valence-electron chi connectivity index (χ3n) is 7.73. The maximum absolute atomic E-state index is 13.9. The van der Waals surface area contributed by atoms with Gasteiger partial charge in [-0.15, -0.1) is 0 Å². The average Bonchev–Trinajstić information content (AvgIpc) is 3.30. The Labute approximate surface area is 236 Å². The predicted octanol–water partition coefficient (Wildman–Crippen LogP) is 3.96. The molecule has 1 N–H and O–H groups in total. The standard InChI is InChI=1S/C32H37N5O3/c1-3-18-35(32(40)33-20-26-15-8-5-9-16-26)36-23-30(38)37-28(19-25-13-6-4-7-14-25)31(39)34(22-29(36)37)21-27-17-11-10-12-24(27)2/h4-17,28-29H,3,18-23H2,1-2H3,(H,33,40)/t28-,29+/m0/s1. The molecule has 0 bridgehead atoms. The minimum absolute atomic E-state index is 0.0558. The molecule has 40 heavy (non-hydrogen) atoms. The smallest absolute Gasteiger partial charge is 0.332 e. The third-order valence-corrected chi connectivity index (χ3v) is 7.73. The second-order valence-electron chi connectivity index (χ2n) is 10.5. The van der Waals surface area contributed by atoms with Crippen LogP contribution in [0.5, 0.6) is 0 Å². The maximum atomic E-state index is 13.9. The van der Waals surface area contributed by atoms with Crippen molar-refractivity contribution in [3.8, 4) is 0 Å². The largest absolute Gasteiger partial charge is 0.333 e. The summed E-state index contributed by atoms with van der Waals surface area (Å²) in [6.07, 6.45) is 0.723. The number of carbonyl (C=O) groups is 3. The van der Waals surface area contributed by atoms with E-state index < -0.39 is 12.2 Å². The van der Waals surface area contributed by atoms with Gasteiger partial charge in [-0.3, -0.25) is 14.6 Å². The molecule has 8 nitrogen and oxygen atoms in total. The molecule has 5 rings (SSSR count). The van der Waals surface area contributed by atoms with Crippen molar-refractivity contribution in [2.45, 2.75) is 52.0 Å². The number of hydrazine groups is 1. The first-order valence-corrected chi connectivity index (χ1v) is 14.0. The molecule has 2 aliphatic rings. The second kappa shape index (κ2) is 12.3. The van der Waals surface area contributed by atoms with E-state index in [4.69, 9.17) is 0 Å². The van der Waals surface area contributed by atoms with E-state index in [9.17, 15) is 14.4 Å². The van der Waals surface area contributed by atoms with E-state index in [0.717, 1.165) is 28.7 Å². The first-order valence-electron chi connectivity index (χ1n) is 14.0. The molecule has 0 saturated carbocycles. The van der Waals surface area contributed by atoms with E-state index >= 15 is 0 Å². The van der Waals surface area contributed by atoms with Crippen LogP contribution in [0.2, 0.25) is 0 Å². The van der Waals surface area contributed by atoms with Crippen molar-refractivity contribution < 1.29 is 14.4 Å². The summed E-state index contributed by atoms with van der Waals surface area (Å²) >= 11 is 0. The van der Waals surface area contributed by atoms with Gasteiger partial charge in [-0.25, -0.2) is 4.79 Å². The zero-order valence-corrected chi connectivity index (χ0v) is 23.2. The molecule has 2 atom stereocenters. The molecule has 2 heterocycles. The lowest BCUT2D eigenvalue weighted by molar-refractivity contribution is -0.157. The van der Waals surface area contributed by atoms with E-state index in [1.807, 2.05) is 109 Å². The summed E-state index contributed by atoms with van der Waals surface area (Å²) in [7, 11) is 0. The first-order chi connectivity index (χ1) is 19.5. The zero-order chi connectivity index (χ0) is 28.1. The Balaban J connectivity index is 1.43. The Hall–Kier alpha value is -4.17. The van der Waals surface area contributed by atoms with Crippen LogP contribution < -0.4 is 5.32 Å². The first kappa shape index (κ1) is 27.4. The van der Waals surface area contributed by atoms with Gasteiger partial charge in [0.25, 0.3) is 0 Å². The number of nitrogens with one attached hydrogen (secondary N) is 1. The van der Waals surface area contributed by atoms with E-state index in [2.05, 4.69) is 5.32 Å². The van der Waals surface area contributed by atoms with E-state index in [-0.39, 0.29) is 24.4 Å². The highest BCUT2D eigenvalue weighted by Gasteiger charge is 2.52. The lowest BCUT2D eigenvalue weighted by Gasteiger charge is -2.46. The summed E-state index contributed by atoms with van der Waals surface area (Å²) in [5.41, 5.74) is 4.19. The monoisotopic (exact) mass is 539 g/mol. The number of hydrogen-bond acceptors (Lipinski definition) is 4. The molecule has 2 aliphatic heterocycles. The van der Waals surface area contributed by atoms with Crippen molar-refractivity contribution in [2.24, 2.45) is 0 Å². The number of hydrogen-bond donors (Lipinski definition) is 1. The number of fused-ring (bicyclic) bond motifs is 1. The summed E-state index contributed by atoms with van der Waals surface area (Å²) in [6.45, 7) is 5.76. The molecule has 3 aromatic rings. The fourth-order valence-electron chi connectivity index (χ4n) is 5.64. The molecule has 0 spiro atoms. The molecule has 0 aromatic heterocycles. The van der Waals surface area contributed by atoms with Gasteiger partial charge in [0, 0.05) is 26.1 Å². The van der Waals surface area contributed by atoms with Gasteiger partial charge in [0.2, 0.25) is 11.8 Å². The summed E-state index contributed by atoms with van der Waals surface area (Å²) < 4.78 is 0. The predicted molar refractivity (Wildman–Crippen MR) is 154 cm³/mol. The molecular weight excluding hydrogens is 502 g/mol. The average molecular weight is 540 g/mol. The van der Waals surface area contributed by atoms with Crippen LogP contribution in [-0.4, -0.2) is 69.5 Å². The highest BCUT2D eigenvalue weighted by molar-refractivity contribution is 5.91. The van der Waals surface area contributed by atoms with Crippen LogP contribution >= 0.6 is 0 Å². The normalized spacial score (nSPS) is 19.1. The summed E-state index contributed by atoms with van der Waals surface area (Å²) in [5, 5.41) is 6.55. The van der Waals surface area contributed by atoms with Crippen LogP contribution in [-0.2, 0) is 29.1 Å². The minimum Gasteiger partial charge on any atom is -0.333 e. The lowest BCUT2D eigenvalue weighted by atomic mass is 9.99. The van der Waals surface area contributed by atoms with Crippen molar-refractivity contribution in [2.75, 3.05) is 19.6 Å². The summed E-state index contributed by atoms with van der Waals surface area (Å²) in [6, 6.07) is 26.7. The van der Waals surface area contributed by atoms with Crippen molar-refractivity contribution >= 4 is 17.8 Å². The molecule has 0 aliphatic carbocycles. The van der Waals surface area contributed by atoms with Crippen molar-refractivity contribution in [1.29, 1.82) is 0 Å². The Morgan fingerprint density at radius 1 is 0.925 bits per heavy atom. The molecule has 2 saturated heterocycles. The van der Waals surface area contributed by atoms with Gasteiger partial charge in [0.15, 0.2) is 0 Å². The van der Waals surface area contributed by atoms with Crippen LogP contribution in [0.15, 0.2) is 84.9 Å². The fourth-order valence-corrected chi connectivity index (χ4v) is 5.64. The van der Waals surface area contributed by atoms with Gasteiger partial charge >= 0.3 is 6.03 Å². The fraction of sp³-hybridized carbons (Fsp3) is 0.344. The molecule has 0 unspecified atom stereocenters. The van der Waals surface area contributed by atoms with Gasteiger partial charge in [-0.1, -0.05) is 91.9 Å². The van der Waals surface area contributed by atoms with E-state index in [1.165, 1.54) is 0 Å². The number of piperazine rings is 1. The van der Waals surface area contributed by atoms with E-state index in [1.54, 1.807) is 9.91 Å². The van der Waals surface area contributed by atoms with E-state index in [0.29, 0.717) is 32.6 Å². The number of amides is 4. The molecule has 4 amide bonds. The third kappa shape index (κ3) is 5.87. The van der Waals surface area contributed by atoms with Crippen LogP contribution in [0.4, 0.5) is 4.79 Å². The number of aryl methyl sites for hydroxylation is 1. The Morgan fingerprint density at radius 2 is 1.57 bits per heavy atom. The summed E-state index contributed by atoms with van der Waals surface area (Å²) in [5.74, 6) is -0.194. The highest BCUT2D eigenvalue weighted by Crippen LogP contribution is 2.30. The molecule has 2 fully saturated rings. The lowest BCUT2D eigenvalue weighted by Crippen LogP contribution is -2.66. The number of rotatable bonds is 9. The Morgan fingerprint density at radius 3 is 2.25 bits per heavy atom. The minimum atomic E-state index is -0.640. The number of nitrogens with zero attached hydrogens (tertiary/aromatic N) is 4. The van der Waals surface area contributed by atoms with Crippen molar-refractivity contribution in [3.63, 3.8) is 0 Å². The summed E-state index contributed by atoms with van der Waals surface area (Å²) in [4.78, 5) is 44.6. The maximum Gasteiger partial charge on any atom is 0.332 e. The van der Waals surface area contributed by atoms with Crippen LogP contribution in [0, 0.1) is 6.92 Å². The van der Waals surface area contributed by atoms with Crippen molar-refractivity contribution in [3.05, 3.63) is 107 Å². The molecule has 0 radical (unpaired) electrons. The Bertz CT molecular complexity index is 1330. The number of carbonyl (C=O) groups excluding carboxylic acids is 3. The molecular formula is C32H37N5O3. The van der Waals surface area contributed by atoms with Gasteiger partial charge in [0.05, 0.1) is 13.1 Å². The SMILES string of the molecule is CCCN(C(=O)NCc1ccccc1)N1CC(=O)N2[C@@H](Cc3ccccc3)C(=O)N(Cc3ccccc3C)C[C@@H]21. The van der Waals surface area contributed by atoms with Crippen molar-refractivity contribution in [1.82, 2.24) is 25.1 Å². The zero-order valence-electron chi connectivity index (χ0n) is 23.2. The molecule has 8 heteroatoms. The number of benzene rings is 3. The topological polar surface area (TPSA) is 76.2 Å². The van der Waals surface area contributed by atoms with Crippen LogP contribution in [0.3, 0.4) is 0 Å². The number of urea groups is 1. The van der Waals surface area contributed by atoms with Crippen LogP contribution in [0.1, 0.15) is 35.6 Å². The molecule has 208 valence electrons. The highest BCUT2D eigenvalue weighted by atomic mass is 16.2. The van der Waals surface area contributed by atoms with Gasteiger partial charge in [-0.2, -0.15) is 5.01 Å². The van der Waals surface area contributed by atoms with Crippen LogP contribution in [0.25, 0.3) is 0 Å². The van der Waals surface area contributed by atoms with Gasteiger partial charge in [0.1, 0.15) is 12.2 Å². The Kier molecular flexibility index (Phi) is 8.45.